The topological polar surface area (TPSA) is 97.6 Å². The van der Waals surface area contributed by atoms with Crippen molar-refractivity contribution in [3.63, 3.8) is 0 Å². The second-order valence-electron chi connectivity index (χ2n) is 6.59. The second-order valence-corrected chi connectivity index (χ2v) is 9.38. The summed E-state index contributed by atoms with van der Waals surface area (Å²) < 4.78 is 22.1. The monoisotopic (exact) mass is 364 g/mol. The van der Waals surface area contributed by atoms with Crippen molar-refractivity contribution in [3.8, 4) is 0 Å². The molecule has 0 aromatic carbocycles. The minimum absolute atomic E-state index is 0.0459. The molecular weight excluding hydrogens is 342 g/mol. The second kappa shape index (κ2) is 6.63. The molecule has 0 aromatic rings. The molecule has 1 aliphatic carbocycles. The Morgan fingerprint density at radius 1 is 1.48 bits per heavy atom. The highest BCUT2D eigenvalue weighted by atomic mass is 32.5. The highest BCUT2D eigenvalue weighted by molar-refractivity contribution is 8.07. The zero-order valence-corrected chi connectivity index (χ0v) is 14.6. The van der Waals surface area contributed by atoms with Gasteiger partial charge in [0, 0.05) is 18.3 Å². The zero-order valence-electron chi connectivity index (χ0n) is 12.9. The van der Waals surface area contributed by atoms with Gasteiger partial charge in [0.2, 0.25) is 0 Å². The van der Waals surface area contributed by atoms with E-state index in [1.54, 1.807) is 0 Å². The van der Waals surface area contributed by atoms with E-state index >= 15 is 0 Å². The summed E-state index contributed by atoms with van der Waals surface area (Å²) in [6.45, 7) is -2.00. The van der Waals surface area contributed by atoms with E-state index in [0.717, 1.165) is 6.42 Å². The van der Waals surface area contributed by atoms with Gasteiger partial charge in [-0.3, -0.25) is 0 Å². The third kappa shape index (κ3) is 3.54. The molecule has 10 heteroatoms. The van der Waals surface area contributed by atoms with Crippen molar-refractivity contribution in [3.05, 3.63) is 0 Å². The third-order valence-electron chi connectivity index (χ3n) is 4.93. The Bertz CT molecular complexity index is 497. The molecule has 3 rings (SSSR count). The average Bonchev–Trinajstić information content (AvgIpc) is 3.06. The summed E-state index contributed by atoms with van der Waals surface area (Å²) in [7, 11) is 5.89. The fourth-order valence-corrected chi connectivity index (χ4v) is 5.22. The fourth-order valence-electron chi connectivity index (χ4n) is 3.72. The van der Waals surface area contributed by atoms with E-state index < -0.39 is 36.6 Å². The molecule has 3 N–H and O–H groups in total. The van der Waals surface area contributed by atoms with Crippen molar-refractivity contribution in [2.75, 3.05) is 13.2 Å². The van der Waals surface area contributed by atoms with Gasteiger partial charge < -0.3 is 33.6 Å². The first kappa shape index (κ1) is 18.2. The summed E-state index contributed by atoms with van der Waals surface area (Å²) in [5, 5.41) is 19.5. The van der Waals surface area contributed by atoms with Crippen LogP contribution in [0.2, 0.25) is 0 Å². The van der Waals surface area contributed by atoms with Crippen molar-refractivity contribution in [1.29, 1.82) is 0 Å². The van der Waals surface area contributed by atoms with E-state index in [9.17, 15) is 15.1 Å². The number of fused-ring (bicyclic) bond motifs is 2. The van der Waals surface area contributed by atoms with Gasteiger partial charge in [0.15, 0.2) is 0 Å². The van der Waals surface area contributed by atoms with Crippen LogP contribution in [0.25, 0.3) is 0 Å². The van der Waals surface area contributed by atoms with Crippen LogP contribution in [0.4, 0.5) is 0 Å². The lowest BCUT2D eigenvalue weighted by molar-refractivity contribution is -0.0964. The molecule has 2 heterocycles. The summed E-state index contributed by atoms with van der Waals surface area (Å²) in [6.07, 6.45) is 0.0203. The molecule has 3 unspecified atom stereocenters. The van der Waals surface area contributed by atoms with E-state index in [4.69, 9.17) is 38.2 Å². The molecule has 2 aliphatic heterocycles. The summed E-state index contributed by atoms with van der Waals surface area (Å²) >= 11 is 5.06. The number of hydrogen-bond donors (Lipinski definition) is 3. The van der Waals surface area contributed by atoms with Gasteiger partial charge in [-0.25, -0.2) is 0 Å². The van der Waals surface area contributed by atoms with Crippen molar-refractivity contribution in [1.82, 2.24) is 0 Å². The zero-order chi connectivity index (χ0) is 16.8. The molecule has 2 bridgehead atoms. The van der Waals surface area contributed by atoms with Crippen molar-refractivity contribution in [2.45, 2.75) is 62.2 Å². The molecule has 130 valence electrons. The van der Waals surface area contributed by atoms with Crippen LogP contribution >= 0.6 is 6.72 Å². The van der Waals surface area contributed by atoms with E-state index in [2.05, 4.69) is 0 Å². The maximum atomic E-state index is 10.3. The Balaban J connectivity index is 1.59. The van der Waals surface area contributed by atoms with E-state index in [-0.39, 0.29) is 25.2 Å². The lowest BCUT2D eigenvalue weighted by atomic mass is 9.86. The number of aliphatic hydroxyl groups is 2. The third-order valence-corrected chi connectivity index (χ3v) is 6.47. The first-order valence-corrected chi connectivity index (χ1v) is 10.4. The van der Waals surface area contributed by atoms with Crippen molar-refractivity contribution >= 4 is 26.4 Å². The molecule has 2 radical (unpaired) electrons. The summed E-state index contributed by atoms with van der Waals surface area (Å²) in [6, 6.07) is -0.545. The summed E-state index contributed by atoms with van der Waals surface area (Å²) in [5.41, 5.74) is -0.919. The van der Waals surface area contributed by atoms with Crippen LogP contribution in [-0.2, 0) is 30.3 Å². The maximum absolute atomic E-state index is 10.3. The first-order chi connectivity index (χ1) is 10.8. The number of rotatable bonds is 6. The molecule has 3 aliphatic rings. The minimum atomic E-state index is -3.56. The van der Waals surface area contributed by atoms with Crippen LogP contribution in [0.15, 0.2) is 0 Å². The lowest BCUT2D eigenvalue weighted by Gasteiger charge is -2.31. The van der Waals surface area contributed by atoms with Crippen LogP contribution in [0.5, 0.6) is 0 Å². The predicted molar refractivity (Wildman–Crippen MR) is 85.5 cm³/mol. The Morgan fingerprint density at radius 2 is 2.22 bits per heavy atom. The minimum Gasteiger partial charge on any atom is -0.393 e. The molecule has 1 saturated carbocycles. The van der Waals surface area contributed by atoms with Gasteiger partial charge in [0.1, 0.15) is 25.7 Å². The number of ether oxygens (including phenoxy) is 2. The van der Waals surface area contributed by atoms with Gasteiger partial charge in [0.25, 0.3) is 0 Å². The molecule has 0 amide bonds. The SMILES string of the molecule is [B][C@@H]1O[C@]2(CO)CC[C@H]1C2OP(O)(=S)OC[C@H]1O[C@@H](C)CC1O. The Kier molecular flexibility index (Phi) is 5.25. The summed E-state index contributed by atoms with van der Waals surface area (Å²) in [4.78, 5) is 10.3. The fraction of sp³-hybridized carbons (Fsp3) is 1.00. The molecular formula is C13H22BO7PS. The van der Waals surface area contributed by atoms with Gasteiger partial charge in [0.05, 0.1) is 25.4 Å². The molecule has 0 aromatic heterocycles. The number of hydrogen-bond acceptors (Lipinski definition) is 7. The summed E-state index contributed by atoms with van der Waals surface area (Å²) in [5.74, 6) is -0.131. The Morgan fingerprint density at radius 3 is 2.78 bits per heavy atom. The number of aliphatic hydroxyl groups excluding tert-OH is 2. The molecule has 7 nitrogen and oxygen atoms in total. The first-order valence-electron chi connectivity index (χ1n) is 7.80. The average molecular weight is 364 g/mol. The van der Waals surface area contributed by atoms with Crippen LogP contribution in [0.3, 0.4) is 0 Å². The van der Waals surface area contributed by atoms with Crippen LogP contribution in [-0.4, -0.2) is 72.2 Å². The van der Waals surface area contributed by atoms with Gasteiger partial charge in [-0.05, 0) is 31.6 Å². The maximum Gasteiger partial charge on any atom is 0.324 e. The standard InChI is InChI=1S/C13H22BO7PS/c1-7-4-9(16)10(19-7)5-18-22(17,23)21-11-8-2-3-13(11,6-15)20-12(8)14/h7-12,15-16H,2-6H2,1H3,(H,17,23)/t7-,8-,9?,10+,11?,12+,13-,22?/m0/s1. The van der Waals surface area contributed by atoms with Crippen LogP contribution in [0, 0.1) is 5.92 Å². The highest BCUT2D eigenvalue weighted by Crippen LogP contribution is 2.56. The van der Waals surface area contributed by atoms with Crippen LogP contribution < -0.4 is 0 Å². The Labute approximate surface area is 141 Å². The van der Waals surface area contributed by atoms with E-state index in [1.807, 2.05) is 6.92 Å². The van der Waals surface area contributed by atoms with E-state index in [0.29, 0.717) is 12.8 Å². The van der Waals surface area contributed by atoms with Gasteiger partial charge in [-0.15, -0.1) is 0 Å². The normalized spacial score (nSPS) is 48.7. The van der Waals surface area contributed by atoms with Crippen molar-refractivity contribution < 1.29 is 33.6 Å². The molecule has 8 atom stereocenters. The van der Waals surface area contributed by atoms with Crippen LogP contribution in [0.1, 0.15) is 26.2 Å². The van der Waals surface area contributed by atoms with Gasteiger partial charge >= 0.3 is 6.72 Å². The molecule has 23 heavy (non-hydrogen) atoms. The van der Waals surface area contributed by atoms with Gasteiger partial charge in [-0.1, -0.05) is 0 Å². The van der Waals surface area contributed by atoms with Crippen molar-refractivity contribution in [2.24, 2.45) is 5.92 Å². The van der Waals surface area contributed by atoms with E-state index in [1.165, 1.54) is 0 Å². The van der Waals surface area contributed by atoms with Gasteiger partial charge in [-0.2, -0.15) is 0 Å². The Hall–Kier alpha value is 0.435. The molecule has 0 spiro atoms. The highest BCUT2D eigenvalue weighted by Gasteiger charge is 2.60. The molecule has 3 fully saturated rings. The quantitative estimate of drug-likeness (QED) is 0.441. The lowest BCUT2D eigenvalue weighted by Crippen LogP contribution is -2.42. The predicted octanol–water partition coefficient (Wildman–Crippen LogP) is -0.191. The smallest absolute Gasteiger partial charge is 0.324 e. The molecule has 2 saturated heterocycles. The largest absolute Gasteiger partial charge is 0.393 e.